The van der Waals surface area contributed by atoms with Gasteiger partial charge in [0, 0.05) is 16.0 Å². The van der Waals surface area contributed by atoms with Crippen LogP contribution < -0.4 is 5.32 Å². The van der Waals surface area contributed by atoms with Crippen LogP contribution >= 0.6 is 22.9 Å². The van der Waals surface area contributed by atoms with Crippen LogP contribution in [0.2, 0.25) is 5.02 Å². The van der Waals surface area contributed by atoms with E-state index in [-0.39, 0.29) is 17.1 Å². The van der Waals surface area contributed by atoms with Crippen LogP contribution in [0.5, 0.6) is 11.5 Å². The van der Waals surface area contributed by atoms with Crippen molar-refractivity contribution >= 4 is 40.1 Å². The average Bonchev–Trinajstić information content (AvgIpc) is 3.10. The Labute approximate surface area is 163 Å². The highest BCUT2D eigenvalue weighted by atomic mass is 35.5. The van der Waals surface area contributed by atoms with Gasteiger partial charge in [-0.2, -0.15) is 5.26 Å². The van der Waals surface area contributed by atoms with Gasteiger partial charge in [0.05, 0.1) is 5.69 Å². The van der Waals surface area contributed by atoms with E-state index in [2.05, 4.69) is 10.3 Å². The molecule has 0 aliphatic heterocycles. The van der Waals surface area contributed by atoms with Crippen LogP contribution in [0.3, 0.4) is 0 Å². The van der Waals surface area contributed by atoms with Gasteiger partial charge in [-0.05, 0) is 42.0 Å². The summed E-state index contributed by atoms with van der Waals surface area (Å²) >= 11 is 7.08. The number of halogens is 1. The number of nitriles is 1. The predicted octanol–water partition coefficient (Wildman–Crippen LogP) is 4.42. The first-order chi connectivity index (χ1) is 13.0. The Kier molecular flexibility index (Phi) is 5.41. The first-order valence-electron chi connectivity index (χ1n) is 7.63. The topological polar surface area (TPSA) is 106 Å². The molecule has 1 amide bonds. The number of benzene rings is 2. The molecule has 0 spiro atoms. The Hall–Kier alpha value is -3.34. The molecule has 0 bridgehead atoms. The summed E-state index contributed by atoms with van der Waals surface area (Å²) in [6.07, 6.45) is 1.44. The Morgan fingerprint density at radius 3 is 2.74 bits per heavy atom. The molecule has 1 aromatic heterocycles. The van der Waals surface area contributed by atoms with E-state index in [0.717, 1.165) is 0 Å². The number of carbonyl (C=O) groups excluding carboxylic acids is 1. The second kappa shape index (κ2) is 7.91. The van der Waals surface area contributed by atoms with Crippen LogP contribution in [-0.4, -0.2) is 21.1 Å². The van der Waals surface area contributed by atoms with Crippen LogP contribution in [0.15, 0.2) is 53.4 Å². The third-order valence-electron chi connectivity index (χ3n) is 3.52. The van der Waals surface area contributed by atoms with Crippen molar-refractivity contribution < 1.29 is 15.0 Å². The van der Waals surface area contributed by atoms with E-state index in [0.29, 0.717) is 27.0 Å². The number of hydrogen-bond donors (Lipinski definition) is 3. The number of nitrogens with one attached hydrogen (secondary N) is 1. The van der Waals surface area contributed by atoms with Gasteiger partial charge in [-0.1, -0.05) is 23.7 Å². The normalized spacial score (nSPS) is 11.0. The van der Waals surface area contributed by atoms with Gasteiger partial charge in [0.25, 0.3) is 5.91 Å². The molecule has 0 saturated carbocycles. The molecule has 0 radical (unpaired) electrons. The maximum atomic E-state index is 12.3. The SMILES string of the molecule is N#C/C(=C\c1cccc(Cl)c1)C(=O)Nc1nc(-c2ccc(O)c(O)c2)cs1. The second-order valence-corrected chi connectivity index (χ2v) is 6.71. The van der Waals surface area contributed by atoms with Crippen molar-refractivity contribution in [2.75, 3.05) is 5.32 Å². The molecule has 0 aliphatic carbocycles. The summed E-state index contributed by atoms with van der Waals surface area (Å²) in [7, 11) is 0. The number of carbonyl (C=O) groups is 1. The van der Waals surface area contributed by atoms with Crippen molar-refractivity contribution in [3.05, 3.63) is 64.0 Å². The molecule has 2 aromatic carbocycles. The monoisotopic (exact) mass is 397 g/mol. The molecule has 6 nitrogen and oxygen atoms in total. The zero-order valence-corrected chi connectivity index (χ0v) is 15.3. The number of phenols is 2. The molecular formula is C19H12ClN3O3S. The van der Waals surface area contributed by atoms with Crippen molar-refractivity contribution in [1.29, 1.82) is 5.26 Å². The molecule has 0 atom stereocenters. The third kappa shape index (κ3) is 4.44. The van der Waals surface area contributed by atoms with E-state index in [1.54, 1.807) is 35.7 Å². The zero-order chi connectivity index (χ0) is 19.4. The Bertz CT molecular complexity index is 1090. The maximum Gasteiger partial charge on any atom is 0.268 e. The summed E-state index contributed by atoms with van der Waals surface area (Å²) < 4.78 is 0. The van der Waals surface area contributed by atoms with Crippen LogP contribution in [-0.2, 0) is 4.79 Å². The number of hydrogen-bond acceptors (Lipinski definition) is 6. The minimum atomic E-state index is -0.591. The summed E-state index contributed by atoms with van der Waals surface area (Å²) in [6, 6.07) is 13.0. The lowest BCUT2D eigenvalue weighted by atomic mass is 10.1. The number of aromatic nitrogens is 1. The van der Waals surface area contributed by atoms with Gasteiger partial charge in [0.2, 0.25) is 0 Å². The van der Waals surface area contributed by atoms with Crippen LogP contribution in [0, 0.1) is 11.3 Å². The first kappa shape index (κ1) is 18.5. The molecule has 0 unspecified atom stereocenters. The standard InChI is InChI=1S/C19H12ClN3O3S/c20-14-3-1-2-11(7-14)6-13(9-21)18(26)23-19-22-15(10-27-19)12-4-5-16(24)17(25)8-12/h1-8,10,24-25H,(H,22,23,26)/b13-6+. The van der Waals surface area contributed by atoms with Crippen molar-refractivity contribution in [3.8, 4) is 28.8 Å². The van der Waals surface area contributed by atoms with Crippen LogP contribution in [0.4, 0.5) is 5.13 Å². The van der Waals surface area contributed by atoms with Gasteiger partial charge in [-0.3, -0.25) is 10.1 Å². The summed E-state index contributed by atoms with van der Waals surface area (Å²) in [4.78, 5) is 16.6. The average molecular weight is 398 g/mol. The van der Waals surface area contributed by atoms with E-state index in [1.807, 2.05) is 6.07 Å². The molecule has 0 aliphatic rings. The van der Waals surface area contributed by atoms with Gasteiger partial charge < -0.3 is 10.2 Å². The summed E-state index contributed by atoms with van der Waals surface area (Å²) in [5, 5.41) is 33.3. The maximum absolute atomic E-state index is 12.3. The lowest BCUT2D eigenvalue weighted by molar-refractivity contribution is -0.112. The molecule has 0 saturated heterocycles. The highest BCUT2D eigenvalue weighted by molar-refractivity contribution is 7.14. The fourth-order valence-corrected chi connectivity index (χ4v) is 3.14. The number of thiazole rings is 1. The summed E-state index contributed by atoms with van der Waals surface area (Å²) in [6.45, 7) is 0. The molecule has 3 aromatic rings. The second-order valence-electron chi connectivity index (χ2n) is 5.42. The Balaban J connectivity index is 1.78. The molecule has 134 valence electrons. The van der Waals surface area contributed by atoms with Crippen LogP contribution in [0.25, 0.3) is 17.3 Å². The molecule has 27 heavy (non-hydrogen) atoms. The number of anilines is 1. The predicted molar refractivity (Wildman–Crippen MR) is 105 cm³/mol. The molecule has 8 heteroatoms. The number of rotatable bonds is 4. The lowest BCUT2D eigenvalue weighted by Crippen LogP contribution is -2.13. The van der Waals surface area contributed by atoms with E-state index in [9.17, 15) is 20.3 Å². The molecule has 3 rings (SSSR count). The smallest absolute Gasteiger partial charge is 0.268 e. The van der Waals surface area contributed by atoms with Gasteiger partial charge in [-0.25, -0.2) is 4.98 Å². The number of aromatic hydroxyl groups is 2. The molecular weight excluding hydrogens is 386 g/mol. The number of phenolic OH excluding ortho intramolecular Hbond substituents is 2. The first-order valence-corrected chi connectivity index (χ1v) is 8.88. The van der Waals surface area contributed by atoms with Crippen molar-refractivity contribution in [2.24, 2.45) is 0 Å². The fourth-order valence-electron chi connectivity index (χ4n) is 2.22. The number of nitrogens with zero attached hydrogens (tertiary/aromatic N) is 2. The van der Waals surface area contributed by atoms with Gasteiger partial charge in [0.1, 0.15) is 11.6 Å². The van der Waals surface area contributed by atoms with Crippen molar-refractivity contribution in [1.82, 2.24) is 4.98 Å². The Morgan fingerprint density at radius 1 is 1.22 bits per heavy atom. The highest BCUT2D eigenvalue weighted by Gasteiger charge is 2.13. The molecule has 1 heterocycles. The minimum Gasteiger partial charge on any atom is -0.504 e. The Morgan fingerprint density at radius 2 is 2.04 bits per heavy atom. The van der Waals surface area contributed by atoms with E-state index < -0.39 is 5.91 Å². The fraction of sp³-hybridized carbons (Fsp3) is 0. The minimum absolute atomic E-state index is 0.0868. The molecule has 0 fully saturated rings. The van der Waals surface area contributed by atoms with Gasteiger partial charge in [0.15, 0.2) is 16.6 Å². The summed E-state index contributed by atoms with van der Waals surface area (Å²) in [5.41, 5.74) is 1.64. The van der Waals surface area contributed by atoms with Crippen LogP contribution in [0.1, 0.15) is 5.56 Å². The molecule has 3 N–H and O–H groups in total. The number of amides is 1. The highest BCUT2D eigenvalue weighted by Crippen LogP contribution is 2.32. The largest absolute Gasteiger partial charge is 0.504 e. The van der Waals surface area contributed by atoms with E-state index in [4.69, 9.17) is 11.6 Å². The zero-order valence-electron chi connectivity index (χ0n) is 13.7. The quantitative estimate of drug-likeness (QED) is 0.343. The van der Waals surface area contributed by atoms with Crippen molar-refractivity contribution in [3.63, 3.8) is 0 Å². The summed E-state index contributed by atoms with van der Waals surface area (Å²) in [5.74, 6) is -1.08. The van der Waals surface area contributed by atoms with Gasteiger partial charge in [-0.15, -0.1) is 11.3 Å². The lowest BCUT2D eigenvalue weighted by Gasteiger charge is -2.02. The van der Waals surface area contributed by atoms with Crippen molar-refractivity contribution in [2.45, 2.75) is 0 Å². The third-order valence-corrected chi connectivity index (χ3v) is 4.51. The van der Waals surface area contributed by atoms with Gasteiger partial charge >= 0.3 is 0 Å². The van der Waals surface area contributed by atoms with E-state index in [1.165, 1.54) is 29.5 Å². The van der Waals surface area contributed by atoms with E-state index >= 15 is 0 Å².